The normalized spacial score (nSPS) is 18.7. The molecule has 33 heavy (non-hydrogen) atoms. The lowest BCUT2D eigenvalue weighted by atomic mass is 10.1. The minimum absolute atomic E-state index is 0.0475. The summed E-state index contributed by atoms with van der Waals surface area (Å²) in [5.41, 5.74) is 4.58. The van der Waals surface area contributed by atoms with E-state index in [1.54, 1.807) is 12.1 Å². The number of halogens is 1. The third-order valence-corrected chi connectivity index (χ3v) is 7.49. The molecule has 2 atom stereocenters. The lowest BCUT2D eigenvalue weighted by Crippen LogP contribution is -2.52. The maximum atomic E-state index is 13.3. The molecule has 1 aliphatic rings. The molecule has 0 radical (unpaired) electrons. The summed E-state index contributed by atoms with van der Waals surface area (Å²) >= 11 is 4.37. The molecule has 3 aromatic carbocycles. The van der Waals surface area contributed by atoms with Gasteiger partial charge in [-0.05, 0) is 47.5 Å². The Bertz CT molecular complexity index is 1320. The van der Waals surface area contributed by atoms with Crippen LogP contribution in [0.4, 0.5) is 14.9 Å². The second-order valence-electron chi connectivity index (χ2n) is 7.57. The Hall–Kier alpha value is -3.15. The molecule has 3 aromatic rings. The molecule has 0 aromatic heterocycles. The Labute approximate surface area is 195 Å². The van der Waals surface area contributed by atoms with Crippen LogP contribution in [0, 0.1) is 5.82 Å². The van der Waals surface area contributed by atoms with Crippen molar-refractivity contribution in [1.82, 2.24) is 15.2 Å². The molecule has 0 spiro atoms. The molecule has 0 bridgehead atoms. The van der Waals surface area contributed by atoms with Crippen LogP contribution in [-0.2, 0) is 14.8 Å². The van der Waals surface area contributed by atoms with E-state index >= 15 is 0 Å². The van der Waals surface area contributed by atoms with E-state index in [1.165, 1.54) is 24.3 Å². The molecule has 3 N–H and O–H groups in total. The Morgan fingerprint density at radius 1 is 0.970 bits per heavy atom. The summed E-state index contributed by atoms with van der Waals surface area (Å²) in [5.74, 6) is -1.23. The number of fused-ring (bicyclic) bond motifs is 1. The van der Waals surface area contributed by atoms with Gasteiger partial charge in [-0.25, -0.2) is 23.0 Å². The number of carbonyl (C=O) groups is 2. The smallest absolute Gasteiger partial charge is 0.306 e. The van der Waals surface area contributed by atoms with Crippen LogP contribution in [0.15, 0.2) is 71.6 Å². The molecule has 11 heteroatoms. The van der Waals surface area contributed by atoms with Gasteiger partial charge >= 0.3 is 6.03 Å². The predicted octanol–water partition coefficient (Wildman–Crippen LogP) is 2.89. The first-order valence-electron chi connectivity index (χ1n) is 10.1. The first kappa shape index (κ1) is 23.0. The van der Waals surface area contributed by atoms with E-state index < -0.39 is 33.8 Å². The number of rotatable bonds is 4. The number of amides is 3. The summed E-state index contributed by atoms with van der Waals surface area (Å²) in [6.07, 6.45) is 0.176. The highest BCUT2D eigenvalue weighted by Gasteiger charge is 2.43. The highest BCUT2D eigenvalue weighted by Crippen LogP contribution is 2.30. The summed E-state index contributed by atoms with van der Waals surface area (Å²) in [7, 11) is -4.00. The van der Waals surface area contributed by atoms with Gasteiger partial charge in [0, 0.05) is 17.5 Å². The van der Waals surface area contributed by atoms with Crippen LogP contribution in [0.2, 0.25) is 0 Å². The third-order valence-electron chi connectivity index (χ3n) is 5.25. The van der Waals surface area contributed by atoms with E-state index in [4.69, 9.17) is 0 Å². The number of nitrogens with zero attached hydrogens (tertiary/aromatic N) is 1. The predicted molar refractivity (Wildman–Crippen MR) is 126 cm³/mol. The van der Waals surface area contributed by atoms with Gasteiger partial charge in [-0.15, -0.1) is 0 Å². The number of thiol groups is 1. The summed E-state index contributed by atoms with van der Waals surface area (Å²) in [6, 6.07) is 15.5. The van der Waals surface area contributed by atoms with Gasteiger partial charge < -0.3 is 5.32 Å². The number of sulfonamides is 1. The summed E-state index contributed by atoms with van der Waals surface area (Å²) in [5, 5.41) is 3.68. The lowest BCUT2D eigenvalue weighted by molar-refractivity contribution is -0.124. The first-order chi connectivity index (χ1) is 15.7. The van der Waals surface area contributed by atoms with Gasteiger partial charge in [-0.2, -0.15) is 16.9 Å². The van der Waals surface area contributed by atoms with E-state index in [2.05, 4.69) is 28.8 Å². The molecule has 1 fully saturated rings. The van der Waals surface area contributed by atoms with Gasteiger partial charge in [0.05, 0.1) is 4.90 Å². The molecule has 1 saturated heterocycles. The Balaban J connectivity index is 1.47. The Morgan fingerprint density at radius 3 is 2.48 bits per heavy atom. The number of nitrogens with one attached hydrogen (secondary N) is 3. The van der Waals surface area contributed by atoms with Crippen molar-refractivity contribution in [3.8, 4) is 0 Å². The van der Waals surface area contributed by atoms with Crippen molar-refractivity contribution in [3.63, 3.8) is 0 Å². The molecule has 1 aliphatic heterocycles. The van der Waals surface area contributed by atoms with E-state index in [0.717, 1.165) is 21.1 Å². The Kier molecular flexibility index (Phi) is 6.54. The van der Waals surface area contributed by atoms with Crippen LogP contribution >= 0.6 is 12.6 Å². The van der Waals surface area contributed by atoms with Crippen molar-refractivity contribution in [1.29, 1.82) is 0 Å². The fourth-order valence-electron chi connectivity index (χ4n) is 3.68. The van der Waals surface area contributed by atoms with E-state index in [0.29, 0.717) is 0 Å². The number of hydrazine groups is 1. The van der Waals surface area contributed by atoms with Crippen molar-refractivity contribution in [2.24, 2.45) is 0 Å². The van der Waals surface area contributed by atoms with Crippen molar-refractivity contribution in [2.45, 2.75) is 22.6 Å². The number of urea groups is 1. The standard InChI is InChI=1S/C22H21FN4O4S2/c23-16-6-3-7-17(11-16)24-22(29)26-25-21(28)20-12-18(32)13-27(20)33(30,31)19-9-8-14-4-1-2-5-15(14)10-19/h1-11,18,20,32H,12-13H2,(H,25,28)(H2,24,26,29)/t18-,20+/m1/s1. The molecular weight excluding hydrogens is 467 g/mol. The topological polar surface area (TPSA) is 108 Å². The minimum atomic E-state index is -4.00. The van der Waals surface area contributed by atoms with Crippen LogP contribution in [0.5, 0.6) is 0 Å². The number of benzene rings is 3. The second-order valence-corrected chi connectivity index (χ2v) is 10.2. The van der Waals surface area contributed by atoms with Gasteiger partial charge in [0.1, 0.15) is 11.9 Å². The van der Waals surface area contributed by atoms with Crippen molar-refractivity contribution >= 4 is 51.1 Å². The minimum Gasteiger partial charge on any atom is -0.306 e. The van der Waals surface area contributed by atoms with Gasteiger partial charge in [0.15, 0.2) is 0 Å². The molecule has 4 rings (SSSR count). The van der Waals surface area contributed by atoms with E-state index in [1.807, 2.05) is 24.3 Å². The zero-order chi connectivity index (χ0) is 23.6. The first-order valence-corrected chi connectivity index (χ1v) is 12.0. The summed E-state index contributed by atoms with van der Waals surface area (Å²) in [6.45, 7) is 0.0475. The SMILES string of the molecule is O=C(NNC(=O)[C@@H]1C[C@@H](S)CN1S(=O)(=O)c1ccc2ccccc2c1)Nc1cccc(F)c1. The van der Waals surface area contributed by atoms with Gasteiger partial charge in [-0.1, -0.05) is 36.4 Å². The zero-order valence-electron chi connectivity index (χ0n) is 17.2. The molecule has 0 unspecified atom stereocenters. The maximum Gasteiger partial charge on any atom is 0.337 e. The molecule has 0 saturated carbocycles. The van der Waals surface area contributed by atoms with Gasteiger partial charge in [0.25, 0.3) is 5.91 Å². The average Bonchev–Trinajstić information content (AvgIpc) is 3.20. The monoisotopic (exact) mass is 488 g/mol. The lowest BCUT2D eigenvalue weighted by Gasteiger charge is -2.23. The largest absolute Gasteiger partial charge is 0.337 e. The van der Waals surface area contributed by atoms with E-state index in [-0.39, 0.29) is 28.8 Å². The molecule has 3 amide bonds. The van der Waals surface area contributed by atoms with Crippen LogP contribution in [-0.4, -0.2) is 42.5 Å². The Morgan fingerprint density at radius 2 is 1.73 bits per heavy atom. The van der Waals surface area contributed by atoms with Crippen LogP contribution in [0.3, 0.4) is 0 Å². The van der Waals surface area contributed by atoms with E-state index in [9.17, 15) is 22.4 Å². The number of hydrogen-bond acceptors (Lipinski definition) is 5. The van der Waals surface area contributed by atoms with Crippen LogP contribution in [0.25, 0.3) is 10.8 Å². The molecular formula is C22H21FN4O4S2. The number of carbonyl (C=O) groups excluding carboxylic acids is 2. The fourth-order valence-corrected chi connectivity index (χ4v) is 5.85. The van der Waals surface area contributed by atoms with Crippen molar-refractivity contribution in [3.05, 3.63) is 72.5 Å². The van der Waals surface area contributed by atoms with Crippen molar-refractivity contribution < 1.29 is 22.4 Å². The fraction of sp³-hybridized carbons (Fsp3) is 0.182. The number of anilines is 1. The zero-order valence-corrected chi connectivity index (χ0v) is 18.9. The van der Waals surface area contributed by atoms with Crippen LogP contribution < -0.4 is 16.2 Å². The molecule has 0 aliphatic carbocycles. The van der Waals surface area contributed by atoms with Gasteiger partial charge in [-0.3, -0.25) is 10.2 Å². The molecule has 1 heterocycles. The van der Waals surface area contributed by atoms with Crippen LogP contribution in [0.1, 0.15) is 6.42 Å². The molecule has 172 valence electrons. The van der Waals surface area contributed by atoms with Crippen molar-refractivity contribution in [2.75, 3.05) is 11.9 Å². The quantitative estimate of drug-likeness (QED) is 0.335. The second kappa shape index (κ2) is 9.38. The summed E-state index contributed by atoms with van der Waals surface area (Å²) < 4.78 is 41.0. The average molecular weight is 489 g/mol. The number of hydrogen-bond donors (Lipinski definition) is 4. The highest BCUT2D eigenvalue weighted by atomic mass is 32.2. The molecule has 8 nitrogen and oxygen atoms in total. The third kappa shape index (κ3) is 5.10. The maximum absolute atomic E-state index is 13.3. The summed E-state index contributed by atoms with van der Waals surface area (Å²) in [4.78, 5) is 24.8. The van der Waals surface area contributed by atoms with Gasteiger partial charge in [0.2, 0.25) is 10.0 Å². The highest BCUT2D eigenvalue weighted by molar-refractivity contribution is 7.89.